The maximum atomic E-state index is 14.1. The molecular formula is C35H57N5O7S2. The molecule has 1 aliphatic rings. The molecule has 0 radical (unpaired) electrons. The molecule has 1 fully saturated rings. The highest BCUT2D eigenvalue weighted by molar-refractivity contribution is 7.89. The van der Waals surface area contributed by atoms with E-state index in [1.165, 1.54) is 6.33 Å². The Morgan fingerprint density at radius 2 is 1.73 bits per heavy atom. The van der Waals surface area contributed by atoms with Gasteiger partial charge in [0.1, 0.15) is 6.04 Å². The molecule has 1 aromatic carbocycles. The predicted molar refractivity (Wildman–Crippen MR) is 192 cm³/mol. The highest BCUT2D eigenvalue weighted by Crippen LogP contribution is 2.29. The average molecular weight is 724 g/mol. The van der Waals surface area contributed by atoms with Crippen LogP contribution in [-0.2, 0) is 43.3 Å². The Balaban J connectivity index is 1.81. The monoisotopic (exact) mass is 723 g/mol. The Hall–Kier alpha value is -2.65. The molecule has 1 saturated carbocycles. The first kappa shape index (κ1) is 40.8. The molecule has 0 aliphatic heterocycles. The number of nitrogens with zero attached hydrogens (tertiary/aromatic N) is 1. The molecule has 0 bridgehead atoms. The maximum Gasteiger partial charge on any atom is 0.243 e. The summed E-state index contributed by atoms with van der Waals surface area (Å²) in [6.07, 6.45) is 7.09. The number of hydrogen-bond donors (Lipinski definition) is 6. The van der Waals surface area contributed by atoms with Crippen LogP contribution in [-0.4, -0.2) is 91.7 Å². The summed E-state index contributed by atoms with van der Waals surface area (Å²) in [4.78, 5) is 35.0. The Labute approximate surface area is 294 Å². The molecule has 0 spiro atoms. The first-order valence-electron chi connectivity index (χ1n) is 17.5. The quantitative estimate of drug-likeness (QED) is 0.120. The Kier molecular flexibility index (Phi) is 16.4. The van der Waals surface area contributed by atoms with E-state index in [1.807, 2.05) is 51.1 Å². The van der Waals surface area contributed by atoms with Gasteiger partial charge in [-0.15, -0.1) is 0 Å². The SMILES string of the molecule is CCCS(=O)(=O)NC[C@H](O)C[C@H](O)[C@H](CC1CCCCC1)NC(=O)C(Cc1cnc[nH]1)NC(=O)C(Cc1ccccc1)CS(=O)C(C)(C)C. The number of sulfonamides is 1. The van der Waals surface area contributed by atoms with Crippen molar-refractivity contribution in [3.63, 3.8) is 0 Å². The fraction of sp³-hybridized carbons (Fsp3) is 0.686. The lowest BCUT2D eigenvalue weighted by Gasteiger charge is -2.32. The van der Waals surface area contributed by atoms with Crippen molar-refractivity contribution in [3.05, 3.63) is 54.1 Å². The average Bonchev–Trinajstić information content (AvgIpc) is 3.56. The van der Waals surface area contributed by atoms with Crippen LogP contribution in [0, 0.1) is 11.8 Å². The first-order valence-corrected chi connectivity index (χ1v) is 20.5. The van der Waals surface area contributed by atoms with Crippen LogP contribution in [0.25, 0.3) is 0 Å². The van der Waals surface area contributed by atoms with Gasteiger partial charge in [0.25, 0.3) is 0 Å². The van der Waals surface area contributed by atoms with Crippen LogP contribution < -0.4 is 15.4 Å². The highest BCUT2D eigenvalue weighted by atomic mass is 32.2. The molecule has 6 N–H and O–H groups in total. The Bertz CT molecular complexity index is 1410. The van der Waals surface area contributed by atoms with Crippen molar-refractivity contribution in [1.29, 1.82) is 0 Å². The summed E-state index contributed by atoms with van der Waals surface area (Å²) in [5.74, 6) is -1.26. The third kappa shape index (κ3) is 14.6. The van der Waals surface area contributed by atoms with Crippen molar-refractivity contribution in [2.24, 2.45) is 11.8 Å². The number of H-pyrrole nitrogens is 1. The van der Waals surface area contributed by atoms with Gasteiger partial charge in [0, 0.05) is 52.6 Å². The normalized spacial score (nSPS) is 18.2. The van der Waals surface area contributed by atoms with Crippen molar-refractivity contribution in [2.75, 3.05) is 18.1 Å². The summed E-state index contributed by atoms with van der Waals surface area (Å²) in [5, 5.41) is 27.9. The van der Waals surface area contributed by atoms with Crippen molar-refractivity contribution in [1.82, 2.24) is 25.3 Å². The number of aromatic amines is 1. The summed E-state index contributed by atoms with van der Waals surface area (Å²) in [7, 11) is -4.87. The van der Waals surface area contributed by atoms with Gasteiger partial charge in [-0.25, -0.2) is 18.1 Å². The number of hydrogen-bond acceptors (Lipinski definition) is 8. The van der Waals surface area contributed by atoms with Crippen LogP contribution >= 0.6 is 0 Å². The molecular weight excluding hydrogens is 667 g/mol. The predicted octanol–water partition coefficient (Wildman–Crippen LogP) is 2.74. The van der Waals surface area contributed by atoms with E-state index in [1.54, 1.807) is 13.1 Å². The van der Waals surface area contributed by atoms with Crippen molar-refractivity contribution in [3.8, 4) is 0 Å². The molecule has 1 aliphatic carbocycles. The summed E-state index contributed by atoms with van der Waals surface area (Å²) in [5.41, 5.74) is 1.53. The number of aromatic nitrogens is 2. The summed E-state index contributed by atoms with van der Waals surface area (Å²) in [6, 6.07) is 7.69. The van der Waals surface area contributed by atoms with Crippen LogP contribution in [0.4, 0.5) is 0 Å². The van der Waals surface area contributed by atoms with Crippen molar-refractivity contribution >= 4 is 32.6 Å². The maximum absolute atomic E-state index is 14.1. The van der Waals surface area contributed by atoms with E-state index in [0.717, 1.165) is 37.7 Å². The zero-order valence-corrected chi connectivity index (χ0v) is 31.0. The zero-order chi connectivity index (χ0) is 36.0. The number of rotatable bonds is 20. The molecule has 276 valence electrons. The minimum Gasteiger partial charge on any atom is -0.392 e. The molecule has 12 nitrogen and oxygen atoms in total. The van der Waals surface area contributed by atoms with Gasteiger partial charge >= 0.3 is 0 Å². The number of benzene rings is 1. The lowest BCUT2D eigenvalue weighted by molar-refractivity contribution is -0.131. The third-order valence-electron chi connectivity index (χ3n) is 8.97. The van der Waals surface area contributed by atoms with Crippen LogP contribution in [0.1, 0.15) is 90.3 Å². The van der Waals surface area contributed by atoms with Gasteiger partial charge < -0.3 is 25.8 Å². The van der Waals surface area contributed by atoms with E-state index >= 15 is 0 Å². The summed E-state index contributed by atoms with van der Waals surface area (Å²) >= 11 is 0. The standard InChI is InChI=1S/C35H57N5O7S2/c1-5-16-49(46,47)38-22-29(41)20-32(42)30(18-26-14-10-7-11-15-26)39-34(44)31(19-28-21-36-24-37-28)40-33(43)27(23-48(45)35(2,3)4)17-25-12-8-6-9-13-25/h6,8-9,12-13,21,24,26-27,29-32,38,41-42H,5,7,10-11,14-20,22-23H2,1-4H3,(H,36,37)(H,39,44)(H,40,43)/t27?,29-,30+,31?,32+,48?/m1/s1. The number of carbonyl (C=O) groups excluding carboxylic acids is 2. The van der Waals surface area contributed by atoms with Gasteiger partial charge in [0.05, 0.1) is 36.2 Å². The fourth-order valence-electron chi connectivity index (χ4n) is 6.14. The van der Waals surface area contributed by atoms with Gasteiger partial charge in [-0.3, -0.25) is 13.8 Å². The lowest BCUT2D eigenvalue weighted by atomic mass is 9.83. The molecule has 2 aromatic rings. The number of nitrogens with one attached hydrogen (secondary N) is 4. The second-order valence-electron chi connectivity index (χ2n) is 14.3. The number of amides is 2. The van der Waals surface area contributed by atoms with Crippen LogP contribution in [0.5, 0.6) is 0 Å². The fourth-order valence-corrected chi connectivity index (χ4v) is 8.40. The smallest absolute Gasteiger partial charge is 0.243 e. The molecule has 1 aromatic heterocycles. The number of aliphatic hydroxyl groups excluding tert-OH is 2. The molecule has 3 rings (SSSR count). The van der Waals surface area contributed by atoms with Gasteiger partial charge in [-0.05, 0) is 51.5 Å². The molecule has 49 heavy (non-hydrogen) atoms. The third-order valence-corrected chi connectivity index (χ3v) is 12.6. The first-order chi connectivity index (χ1) is 23.2. The van der Waals surface area contributed by atoms with Gasteiger partial charge in [-0.2, -0.15) is 0 Å². The van der Waals surface area contributed by atoms with E-state index in [4.69, 9.17) is 0 Å². The highest BCUT2D eigenvalue weighted by Gasteiger charge is 2.34. The Morgan fingerprint density at radius 1 is 1.04 bits per heavy atom. The van der Waals surface area contributed by atoms with Gasteiger partial charge in [-0.1, -0.05) is 69.4 Å². The van der Waals surface area contributed by atoms with Crippen LogP contribution in [0.15, 0.2) is 42.9 Å². The Morgan fingerprint density at radius 3 is 2.35 bits per heavy atom. The summed E-state index contributed by atoms with van der Waals surface area (Å²) < 4.78 is 39.3. The molecule has 6 atom stereocenters. The molecule has 14 heteroatoms. The van der Waals surface area contributed by atoms with Gasteiger partial charge in [0.15, 0.2) is 0 Å². The van der Waals surface area contributed by atoms with Gasteiger partial charge in [0.2, 0.25) is 21.8 Å². The number of aliphatic hydroxyl groups is 2. The minimum absolute atomic E-state index is 0.0651. The van der Waals surface area contributed by atoms with E-state index < -0.39 is 67.6 Å². The van der Waals surface area contributed by atoms with Crippen molar-refractivity contribution < 1.29 is 32.4 Å². The van der Waals surface area contributed by atoms with Crippen LogP contribution in [0.3, 0.4) is 0 Å². The lowest BCUT2D eigenvalue weighted by Crippen LogP contribution is -2.55. The van der Waals surface area contributed by atoms with E-state index in [-0.39, 0.29) is 36.8 Å². The number of carbonyl (C=O) groups is 2. The minimum atomic E-state index is -3.54. The largest absolute Gasteiger partial charge is 0.392 e. The molecule has 1 heterocycles. The van der Waals surface area contributed by atoms with E-state index in [0.29, 0.717) is 25.0 Å². The van der Waals surface area contributed by atoms with E-state index in [2.05, 4.69) is 25.3 Å². The second kappa shape index (κ2) is 19.7. The molecule has 3 unspecified atom stereocenters. The van der Waals surface area contributed by atoms with E-state index in [9.17, 15) is 32.4 Å². The molecule has 0 saturated heterocycles. The number of imidazole rings is 1. The van der Waals surface area contributed by atoms with Crippen molar-refractivity contribution in [2.45, 2.75) is 121 Å². The topological polar surface area (TPSA) is 191 Å². The summed E-state index contributed by atoms with van der Waals surface area (Å²) in [6.45, 7) is 7.09. The molecule has 2 amide bonds. The van der Waals surface area contributed by atoms with Crippen LogP contribution in [0.2, 0.25) is 0 Å². The zero-order valence-electron chi connectivity index (χ0n) is 29.4. The second-order valence-corrected chi connectivity index (χ2v) is 18.5.